The third kappa shape index (κ3) is 2.21. The normalized spacial score (nSPS) is 18.4. The molecule has 1 amide bonds. The Balaban J connectivity index is 1.72. The summed E-state index contributed by atoms with van der Waals surface area (Å²) in [7, 11) is 0. The molecule has 0 radical (unpaired) electrons. The first kappa shape index (κ1) is 13.7. The molecule has 0 aromatic carbocycles. The van der Waals surface area contributed by atoms with Gasteiger partial charge in [-0.1, -0.05) is 5.21 Å². The van der Waals surface area contributed by atoms with E-state index in [1.165, 1.54) is 0 Å². The Morgan fingerprint density at radius 1 is 1.52 bits per heavy atom. The Morgan fingerprint density at radius 2 is 2.43 bits per heavy atom. The van der Waals surface area contributed by atoms with Crippen molar-refractivity contribution in [2.45, 2.75) is 25.3 Å². The average Bonchev–Trinajstić information content (AvgIpc) is 3.21. The van der Waals surface area contributed by atoms with Gasteiger partial charge in [0, 0.05) is 24.7 Å². The van der Waals surface area contributed by atoms with Gasteiger partial charge in [-0.15, -0.1) is 5.10 Å². The predicted octanol–water partition coefficient (Wildman–Crippen LogP) is 1.38. The zero-order valence-electron chi connectivity index (χ0n) is 12.4. The molecule has 0 aliphatic carbocycles. The minimum Gasteiger partial charge on any atom is -0.346 e. The summed E-state index contributed by atoms with van der Waals surface area (Å²) in [6.45, 7) is 1.26. The molecule has 116 valence electrons. The molecule has 1 aliphatic heterocycles. The number of H-pyrrole nitrogens is 1. The Bertz CT molecular complexity index is 919. The maximum atomic E-state index is 12.0. The van der Waals surface area contributed by atoms with E-state index in [0.29, 0.717) is 13.1 Å². The lowest BCUT2D eigenvalue weighted by Crippen LogP contribution is -2.40. The van der Waals surface area contributed by atoms with Crippen LogP contribution in [-0.2, 0) is 4.79 Å². The molecular formula is C15H15N7O. The van der Waals surface area contributed by atoms with Crippen molar-refractivity contribution in [2.24, 2.45) is 0 Å². The molecule has 1 saturated heterocycles. The van der Waals surface area contributed by atoms with Gasteiger partial charge in [-0.25, -0.2) is 9.67 Å². The molecule has 1 fully saturated rings. The molecule has 1 atom stereocenters. The average molecular weight is 309 g/mol. The molecule has 0 spiro atoms. The van der Waals surface area contributed by atoms with Gasteiger partial charge in [0.05, 0.1) is 18.3 Å². The number of pyridine rings is 1. The number of rotatable bonds is 2. The first-order chi connectivity index (χ1) is 11.3. The standard InChI is InChI=1S/C15H15N7O/c16-5-3-13(23)21-7-1-2-10(9-21)22-14-11-4-6-17-15(11)18-8-12(14)19-20-22/h4,6,8,10H,1-3,7,9H2,(H,17,18)/t10-/m1/s1. The Labute approximate surface area is 131 Å². The van der Waals surface area contributed by atoms with Crippen LogP contribution in [-0.4, -0.2) is 48.9 Å². The zero-order chi connectivity index (χ0) is 15.8. The number of likely N-dealkylation sites (tertiary alicyclic amines) is 1. The molecule has 4 heterocycles. The highest BCUT2D eigenvalue weighted by Crippen LogP contribution is 2.28. The van der Waals surface area contributed by atoms with E-state index in [1.807, 2.05) is 23.0 Å². The van der Waals surface area contributed by atoms with Crippen LogP contribution in [0.3, 0.4) is 0 Å². The molecule has 0 saturated carbocycles. The summed E-state index contributed by atoms with van der Waals surface area (Å²) < 4.78 is 1.90. The van der Waals surface area contributed by atoms with Crippen molar-refractivity contribution in [1.82, 2.24) is 29.9 Å². The molecule has 3 aromatic heterocycles. The van der Waals surface area contributed by atoms with Gasteiger partial charge in [0.1, 0.15) is 23.1 Å². The first-order valence-electron chi connectivity index (χ1n) is 7.59. The van der Waals surface area contributed by atoms with E-state index < -0.39 is 0 Å². The highest BCUT2D eigenvalue weighted by atomic mass is 16.2. The topological polar surface area (TPSA) is 103 Å². The molecule has 23 heavy (non-hydrogen) atoms. The lowest BCUT2D eigenvalue weighted by Gasteiger charge is -2.32. The van der Waals surface area contributed by atoms with Crippen LogP contribution < -0.4 is 0 Å². The number of hydrogen-bond acceptors (Lipinski definition) is 5. The molecule has 1 aliphatic rings. The third-order valence-electron chi connectivity index (χ3n) is 4.34. The largest absolute Gasteiger partial charge is 0.346 e. The number of carbonyl (C=O) groups excluding carboxylic acids is 1. The summed E-state index contributed by atoms with van der Waals surface area (Å²) in [5.41, 5.74) is 2.49. The first-order valence-corrected chi connectivity index (χ1v) is 7.59. The maximum absolute atomic E-state index is 12.0. The van der Waals surface area contributed by atoms with E-state index in [4.69, 9.17) is 5.26 Å². The Kier molecular flexibility index (Phi) is 3.19. The summed E-state index contributed by atoms with van der Waals surface area (Å²) in [6.07, 6.45) is 5.31. The number of fused-ring (bicyclic) bond motifs is 3. The van der Waals surface area contributed by atoms with Crippen LogP contribution >= 0.6 is 0 Å². The highest BCUT2D eigenvalue weighted by Gasteiger charge is 2.27. The third-order valence-corrected chi connectivity index (χ3v) is 4.34. The molecule has 1 N–H and O–H groups in total. The summed E-state index contributed by atoms with van der Waals surface area (Å²) in [4.78, 5) is 21.2. The fraction of sp³-hybridized carbons (Fsp3) is 0.400. The number of carbonyl (C=O) groups is 1. The molecule has 4 rings (SSSR count). The van der Waals surface area contributed by atoms with E-state index in [1.54, 1.807) is 11.1 Å². The van der Waals surface area contributed by atoms with Gasteiger partial charge in [-0.2, -0.15) is 5.26 Å². The van der Waals surface area contributed by atoms with Crippen molar-refractivity contribution in [3.8, 4) is 6.07 Å². The van der Waals surface area contributed by atoms with Crippen LogP contribution in [0.4, 0.5) is 0 Å². The second kappa shape index (κ2) is 5.35. The van der Waals surface area contributed by atoms with Gasteiger partial charge in [-0.05, 0) is 18.9 Å². The molecule has 3 aromatic rings. The van der Waals surface area contributed by atoms with Crippen molar-refractivity contribution in [3.05, 3.63) is 18.5 Å². The second-order valence-corrected chi connectivity index (χ2v) is 5.74. The quantitative estimate of drug-likeness (QED) is 0.770. The number of nitriles is 1. The number of piperidine rings is 1. The summed E-state index contributed by atoms with van der Waals surface area (Å²) >= 11 is 0. The van der Waals surface area contributed by atoms with Crippen molar-refractivity contribution < 1.29 is 4.79 Å². The van der Waals surface area contributed by atoms with Crippen molar-refractivity contribution in [3.63, 3.8) is 0 Å². The monoisotopic (exact) mass is 309 g/mol. The van der Waals surface area contributed by atoms with Gasteiger partial charge in [0.2, 0.25) is 5.91 Å². The van der Waals surface area contributed by atoms with E-state index >= 15 is 0 Å². The predicted molar refractivity (Wildman–Crippen MR) is 82.3 cm³/mol. The number of aromatic amines is 1. The Morgan fingerprint density at radius 3 is 3.30 bits per heavy atom. The highest BCUT2D eigenvalue weighted by molar-refractivity contribution is 6.00. The Hall–Kier alpha value is -2.95. The van der Waals surface area contributed by atoms with Gasteiger partial charge < -0.3 is 9.88 Å². The van der Waals surface area contributed by atoms with Crippen molar-refractivity contribution in [2.75, 3.05) is 13.1 Å². The van der Waals surface area contributed by atoms with Crippen molar-refractivity contribution in [1.29, 1.82) is 5.26 Å². The molecule has 8 nitrogen and oxygen atoms in total. The lowest BCUT2D eigenvalue weighted by atomic mass is 10.1. The van der Waals surface area contributed by atoms with Crippen LogP contribution in [0, 0.1) is 11.3 Å². The minimum absolute atomic E-state index is 0.0666. The number of nitrogens with one attached hydrogen (secondary N) is 1. The van der Waals surface area contributed by atoms with E-state index in [2.05, 4.69) is 20.3 Å². The fourth-order valence-corrected chi connectivity index (χ4v) is 3.25. The van der Waals surface area contributed by atoms with Crippen LogP contribution in [0.5, 0.6) is 0 Å². The molecular weight excluding hydrogens is 294 g/mol. The maximum Gasteiger partial charge on any atom is 0.236 e. The van der Waals surface area contributed by atoms with E-state index in [-0.39, 0.29) is 18.4 Å². The van der Waals surface area contributed by atoms with Crippen LogP contribution in [0.2, 0.25) is 0 Å². The number of hydrogen-bond donors (Lipinski definition) is 1. The zero-order valence-corrected chi connectivity index (χ0v) is 12.4. The number of aromatic nitrogens is 5. The van der Waals surface area contributed by atoms with Gasteiger partial charge in [0.15, 0.2) is 0 Å². The summed E-state index contributed by atoms with van der Waals surface area (Å²) in [5, 5.41) is 18.2. The van der Waals surface area contributed by atoms with Crippen molar-refractivity contribution >= 4 is 28.0 Å². The van der Waals surface area contributed by atoms with Crippen LogP contribution in [0.25, 0.3) is 22.1 Å². The van der Waals surface area contributed by atoms with Gasteiger partial charge in [-0.3, -0.25) is 4.79 Å². The minimum atomic E-state index is -0.116. The van der Waals surface area contributed by atoms with Crippen LogP contribution in [0.1, 0.15) is 25.3 Å². The van der Waals surface area contributed by atoms with E-state index in [0.717, 1.165) is 34.9 Å². The van der Waals surface area contributed by atoms with E-state index in [9.17, 15) is 4.79 Å². The van der Waals surface area contributed by atoms with Crippen LogP contribution in [0.15, 0.2) is 18.5 Å². The molecule has 8 heteroatoms. The lowest BCUT2D eigenvalue weighted by molar-refractivity contribution is -0.131. The molecule has 0 unspecified atom stereocenters. The second-order valence-electron chi connectivity index (χ2n) is 5.74. The summed E-state index contributed by atoms with van der Waals surface area (Å²) in [6, 6.07) is 3.96. The SMILES string of the molecule is N#CCC(=O)N1CCC[C@@H](n2nnc3cnc4[nH]ccc4c32)C1. The number of nitrogens with zero attached hydrogens (tertiary/aromatic N) is 6. The summed E-state index contributed by atoms with van der Waals surface area (Å²) in [5.74, 6) is -0.116. The van der Waals surface area contributed by atoms with Gasteiger partial charge >= 0.3 is 0 Å². The smallest absolute Gasteiger partial charge is 0.236 e. The fourth-order valence-electron chi connectivity index (χ4n) is 3.25. The van der Waals surface area contributed by atoms with Gasteiger partial charge in [0.25, 0.3) is 0 Å². The molecule has 0 bridgehead atoms. The number of amides is 1.